The normalized spacial score (nSPS) is 15.7. The molecule has 0 spiro atoms. The number of carbonyl (C=O) groups excluding carboxylic acids is 3. The molecule has 7 nitrogen and oxygen atoms in total. The molecule has 0 saturated carbocycles. The molecule has 1 atom stereocenters. The molecule has 148 valence electrons. The number of rotatable bonds is 7. The molecule has 0 radical (unpaired) electrons. The van der Waals surface area contributed by atoms with E-state index in [0.29, 0.717) is 38.3 Å². The molecule has 1 saturated heterocycles. The molecule has 0 aliphatic carbocycles. The molecule has 1 aromatic carbocycles. The predicted octanol–water partition coefficient (Wildman–Crippen LogP) is 2.11. The van der Waals surface area contributed by atoms with E-state index in [-0.39, 0.29) is 24.4 Å². The lowest BCUT2D eigenvalue weighted by atomic mass is 9.97. The summed E-state index contributed by atoms with van der Waals surface area (Å²) in [5.74, 6) is -0.673. The summed E-state index contributed by atoms with van der Waals surface area (Å²) in [5, 5.41) is 0. The van der Waals surface area contributed by atoms with Crippen molar-refractivity contribution in [1.82, 2.24) is 4.90 Å². The second kappa shape index (κ2) is 9.94. The molecule has 1 aliphatic heterocycles. The lowest BCUT2D eigenvalue weighted by molar-refractivity contribution is -0.158. The minimum atomic E-state index is -0.810. The zero-order valence-corrected chi connectivity index (χ0v) is 16.1. The van der Waals surface area contributed by atoms with Gasteiger partial charge in [-0.3, -0.25) is 9.59 Å². The number of hydrogen-bond donors (Lipinski definition) is 0. The predicted molar refractivity (Wildman–Crippen MR) is 98.2 cm³/mol. The lowest BCUT2D eigenvalue weighted by Crippen LogP contribution is -2.43. The molecule has 1 unspecified atom stereocenters. The maximum atomic E-state index is 12.2. The van der Waals surface area contributed by atoms with Crippen LogP contribution < -0.4 is 4.74 Å². The van der Waals surface area contributed by atoms with Crippen molar-refractivity contribution >= 4 is 17.8 Å². The summed E-state index contributed by atoms with van der Waals surface area (Å²) in [6, 6.07) is 7.32. The summed E-state index contributed by atoms with van der Waals surface area (Å²) >= 11 is 0. The highest BCUT2D eigenvalue weighted by atomic mass is 16.6. The van der Waals surface area contributed by atoms with Crippen LogP contribution in [0.3, 0.4) is 0 Å². The van der Waals surface area contributed by atoms with Crippen LogP contribution in [-0.2, 0) is 23.9 Å². The van der Waals surface area contributed by atoms with Gasteiger partial charge < -0.3 is 19.1 Å². The summed E-state index contributed by atoms with van der Waals surface area (Å²) in [6.07, 6.45) is 0.312. The Morgan fingerprint density at radius 2 is 1.74 bits per heavy atom. The van der Waals surface area contributed by atoms with E-state index in [0.717, 1.165) is 5.56 Å². The van der Waals surface area contributed by atoms with Gasteiger partial charge in [0.15, 0.2) is 12.7 Å². The van der Waals surface area contributed by atoms with Gasteiger partial charge in [-0.25, -0.2) is 4.79 Å². The molecule has 1 aliphatic rings. The molecule has 7 heteroatoms. The summed E-state index contributed by atoms with van der Waals surface area (Å²) in [6.45, 7) is 6.25. The molecule has 2 rings (SSSR count). The number of hydrogen-bond acceptors (Lipinski definition) is 6. The maximum absolute atomic E-state index is 12.2. The van der Waals surface area contributed by atoms with Gasteiger partial charge in [0.2, 0.25) is 0 Å². The van der Waals surface area contributed by atoms with E-state index in [4.69, 9.17) is 14.2 Å². The molecule has 1 aromatic rings. The Morgan fingerprint density at radius 1 is 1.11 bits per heavy atom. The number of ether oxygens (including phenoxy) is 3. The zero-order chi connectivity index (χ0) is 19.8. The number of piperidine rings is 1. The largest absolute Gasteiger partial charge is 0.479 e. The van der Waals surface area contributed by atoms with Crippen molar-refractivity contribution in [3.8, 4) is 5.75 Å². The molecule has 0 bridgehead atoms. The number of likely N-dealkylation sites (tertiary alicyclic amines) is 1. The van der Waals surface area contributed by atoms with Gasteiger partial charge in [0, 0.05) is 13.1 Å². The van der Waals surface area contributed by atoms with E-state index in [1.807, 2.05) is 19.1 Å². The average molecular weight is 377 g/mol. The van der Waals surface area contributed by atoms with Crippen LogP contribution in [-0.4, -0.2) is 55.2 Å². The van der Waals surface area contributed by atoms with Gasteiger partial charge in [-0.15, -0.1) is 0 Å². The van der Waals surface area contributed by atoms with Gasteiger partial charge in [-0.2, -0.15) is 0 Å². The molecule has 1 heterocycles. The first-order chi connectivity index (χ1) is 12.9. The van der Waals surface area contributed by atoms with Crippen molar-refractivity contribution in [3.63, 3.8) is 0 Å². The van der Waals surface area contributed by atoms with Gasteiger partial charge in [0.1, 0.15) is 5.75 Å². The van der Waals surface area contributed by atoms with Crippen molar-refractivity contribution in [1.29, 1.82) is 0 Å². The fraction of sp³-hybridized carbons (Fsp3) is 0.550. The van der Waals surface area contributed by atoms with Crippen LogP contribution in [0.2, 0.25) is 0 Å². The minimum Gasteiger partial charge on any atom is -0.479 e. The third kappa shape index (κ3) is 6.27. The number of carbonyl (C=O) groups is 3. The molecule has 1 amide bonds. The molecule has 0 N–H and O–H groups in total. The topological polar surface area (TPSA) is 82.1 Å². The standard InChI is InChI=1S/C20H27NO6/c1-4-25-20(24)16-9-11-21(12-10-16)18(22)13-26-19(23)15(3)27-17-7-5-14(2)6-8-17/h5-8,15-16H,4,9-13H2,1-3H3. The Kier molecular flexibility index (Phi) is 7.64. The van der Waals surface area contributed by atoms with Crippen molar-refractivity contribution in [3.05, 3.63) is 29.8 Å². The Labute approximate surface area is 159 Å². The summed E-state index contributed by atoms with van der Waals surface area (Å²) in [4.78, 5) is 37.6. The van der Waals surface area contributed by atoms with Crippen LogP contribution in [0.5, 0.6) is 5.75 Å². The van der Waals surface area contributed by atoms with Crippen LogP contribution in [0, 0.1) is 12.8 Å². The lowest BCUT2D eigenvalue weighted by Gasteiger charge is -2.30. The van der Waals surface area contributed by atoms with E-state index in [1.54, 1.807) is 30.9 Å². The number of esters is 2. The van der Waals surface area contributed by atoms with Crippen LogP contribution in [0.4, 0.5) is 0 Å². The van der Waals surface area contributed by atoms with Gasteiger partial charge >= 0.3 is 11.9 Å². The Morgan fingerprint density at radius 3 is 2.33 bits per heavy atom. The fourth-order valence-electron chi connectivity index (χ4n) is 2.84. The monoisotopic (exact) mass is 377 g/mol. The highest BCUT2D eigenvalue weighted by Gasteiger charge is 2.29. The highest BCUT2D eigenvalue weighted by Crippen LogP contribution is 2.19. The van der Waals surface area contributed by atoms with E-state index in [1.165, 1.54) is 0 Å². The summed E-state index contributed by atoms with van der Waals surface area (Å²) in [5.41, 5.74) is 1.09. The fourth-order valence-corrected chi connectivity index (χ4v) is 2.84. The second-order valence-electron chi connectivity index (χ2n) is 6.59. The quantitative estimate of drug-likeness (QED) is 0.677. The van der Waals surface area contributed by atoms with Crippen LogP contribution in [0.25, 0.3) is 0 Å². The van der Waals surface area contributed by atoms with Gasteiger partial charge in [-0.05, 0) is 45.7 Å². The number of benzene rings is 1. The molecule has 27 heavy (non-hydrogen) atoms. The van der Waals surface area contributed by atoms with E-state index >= 15 is 0 Å². The van der Waals surface area contributed by atoms with Crippen LogP contribution >= 0.6 is 0 Å². The van der Waals surface area contributed by atoms with Crippen molar-refractivity contribution in [2.45, 2.75) is 39.7 Å². The van der Waals surface area contributed by atoms with Gasteiger partial charge in [0.25, 0.3) is 5.91 Å². The van der Waals surface area contributed by atoms with E-state index in [2.05, 4.69) is 0 Å². The van der Waals surface area contributed by atoms with E-state index < -0.39 is 12.1 Å². The first kappa shape index (κ1) is 20.7. The molecule has 1 fully saturated rings. The molecular formula is C20H27NO6. The smallest absolute Gasteiger partial charge is 0.347 e. The van der Waals surface area contributed by atoms with Crippen LogP contribution in [0.1, 0.15) is 32.3 Å². The van der Waals surface area contributed by atoms with Gasteiger partial charge in [0.05, 0.1) is 12.5 Å². The minimum absolute atomic E-state index is 0.167. The van der Waals surface area contributed by atoms with Crippen molar-refractivity contribution in [2.24, 2.45) is 5.92 Å². The van der Waals surface area contributed by atoms with Gasteiger partial charge in [-0.1, -0.05) is 17.7 Å². The maximum Gasteiger partial charge on any atom is 0.347 e. The molecule has 0 aromatic heterocycles. The summed E-state index contributed by atoms with van der Waals surface area (Å²) < 4.78 is 15.6. The van der Waals surface area contributed by atoms with Crippen molar-refractivity contribution < 1.29 is 28.6 Å². The van der Waals surface area contributed by atoms with Crippen LogP contribution in [0.15, 0.2) is 24.3 Å². The van der Waals surface area contributed by atoms with Crippen molar-refractivity contribution in [2.75, 3.05) is 26.3 Å². The number of aryl methyl sites for hydroxylation is 1. The Balaban J connectivity index is 1.72. The Bertz CT molecular complexity index is 649. The zero-order valence-electron chi connectivity index (χ0n) is 16.1. The highest BCUT2D eigenvalue weighted by molar-refractivity contribution is 5.82. The SMILES string of the molecule is CCOC(=O)C1CCN(C(=O)COC(=O)C(C)Oc2ccc(C)cc2)CC1. The Hall–Kier alpha value is -2.57. The number of amides is 1. The second-order valence-corrected chi connectivity index (χ2v) is 6.59. The van der Waals surface area contributed by atoms with E-state index in [9.17, 15) is 14.4 Å². The number of nitrogens with zero attached hydrogens (tertiary/aromatic N) is 1. The first-order valence-electron chi connectivity index (χ1n) is 9.25. The third-order valence-electron chi connectivity index (χ3n) is 4.47. The summed E-state index contributed by atoms with van der Waals surface area (Å²) in [7, 11) is 0. The molecular weight excluding hydrogens is 350 g/mol. The first-order valence-corrected chi connectivity index (χ1v) is 9.25. The third-order valence-corrected chi connectivity index (χ3v) is 4.47. The average Bonchev–Trinajstić information content (AvgIpc) is 2.67.